The van der Waals surface area contributed by atoms with Crippen LogP contribution in [-0.4, -0.2) is 58.9 Å². The van der Waals surface area contributed by atoms with Crippen LogP contribution in [0.2, 0.25) is 0 Å². The van der Waals surface area contributed by atoms with E-state index in [1.54, 1.807) is 13.0 Å². The van der Waals surface area contributed by atoms with Gasteiger partial charge in [-0.15, -0.1) is 11.3 Å². The Kier molecular flexibility index (Phi) is 6.28. The molecule has 1 saturated heterocycles. The number of nitrogens with zero attached hydrogens (tertiary/aromatic N) is 4. The molecule has 1 aliphatic rings. The molecule has 1 fully saturated rings. The van der Waals surface area contributed by atoms with Gasteiger partial charge < -0.3 is 15.1 Å². The van der Waals surface area contributed by atoms with Gasteiger partial charge in [0.2, 0.25) is 5.91 Å². The van der Waals surface area contributed by atoms with Gasteiger partial charge in [0.05, 0.1) is 4.88 Å². The minimum atomic E-state index is -0.546. The summed E-state index contributed by atoms with van der Waals surface area (Å²) < 4.78 is 0. The number of hydrogen-bond donors (Lipinski definition) is 1. The van der Waals surface area contributed by atoms with Crippen LogP contribution in [0.15, 0.2) is 23.6 Å². The highest BCUT2D eigenvalue weighted by atomic mass is 32.1. The van der Waals surface area contributed by atoms with E-state index in [2.05, 4.69) is 34.0 Å². The number of thiophene rings is 1. The normalized spacial score (nSPS) is 15.6. The highest BCUT2D eigenvalue weighted by Crippen LogP contribution is 2.19. The number of aryl methyl sites for hydroxylation is 1. The second-order valence-electron chi connectivity index (χ2n) is 7.37. The largest absolute Gasteiger partial charge is 0.353 e. The lowest BCUT2D eigenvalue weighted by Crippen LogP contribution is -2.54. The number of carbonyl (C=O) groups is 2. The van der Waals surface area contributed by atoms with Gasteiger partial charge in [-0.05, 0) is 25.3 Å². The molecule has 7 nitrogen and oxygen atoms in total. The summed E-state index contributed by atoms with van der Waals surface area (Å²) in [5, 5.41) is 4.64. The maximum absolute atomic E-state index is 12.7. The van der Waals surface area contributed by atoms with Crippen molar-refractivity contribution in [1.29, 1.82) is 0 Å². The molecule has 28 heavy (non-hydrogen) atoms. The highest BCUT2D eigenvalue weighted by molar-refractivity contribution is 7.12. The molecule has 2 aromatic heterocycles. The Hall–Kier alpha value is -2.48. The van der Waals surface area contributed by atoms with Gasteiger partial charge in [-0.1, -0.05) is 19.9 Å². The number of rotatable bonds is 5. The Balaban J connectivity index is 1.57. The van der Waals surface area contributed by atoms with Crippen LogP contribution in [0.25, 0.3) is 0 Å². The molecule has 0 aromatic carbocycles. The molecule has 0 unspecified atom stereocenters. The van der Waals surface area contributed by atoms with Gasteiger partial charge in [0, 0.05) is 43.9 Å². The van der Waals surface area contributed by atoms with Gasteiger partial charge in [-0.3, -0.25) is 9.59 Å². The fourth-order valence-electron chi connectivity index (χ4n) is 3.16. The zero-order valence-corrected chi connectivity index (χ0v) is 17.6. The standard InChI is InChI=1S/C20H27N5O2S/c1-13(2)18-21-14(3)12-17(23-18)24-7-9-25(10-8-24)20(27)15(4)22-19(26)16-6-5-11-28-16/h5-6,11-13,15H,7-10H2,1-4H3,(H,22,26)/t15-/m1/s1. The molecule has 0 aliphatic carbocycles. The third-order valence-corrected chi connectivity index (χ3v) is 5.62. The molecule has 0 spiro atoms. The summed E-state index contributed by atoms with van der Waals surface area (Å²) in [6.07, 6.45) is 0. The van der Waals surface area contributed by atoms with E-state index < -0.39 is 6.04 Å². The number of nitrogens with one attached hydrogen (secondary N) is 1. The van der Waals surface area contributed by atoms with Crippen LogP contribution in [0.3, 0.4) is 0 Å². The van der Waals surface area contributed by atoms with Crippen molar-refractivity contribution in [3.05, 3.63) is 40.0 Å². The Morgan fingerprint density at radius 1 is 1.14 bits per heavy atom. The number of carbonyl (C=O) groups excluding carboxylic acids is 2. The first-order valence-electron chi connectivity index (χ1n) is 9.59. The van der Waals surface area contributed by atoms with E-state index in [0.29, 0.717) is 31.1 Å². The van der Waals surface area contributed by atoms with E-state index in [1.807, 2.05) is 29.3 Å². The molecular formula is C20H27N5O2S. The Morgan fingerprint density at radius 2 is 1.86 bits per heavy atom. The summed E-state index contributed by atoms with van der Waals surface area (Å²) in [7, 11) is 0. The summed E-state index contributed by atoms with van der Waals surface area (Å²) >= 11 is 1.37. The quantitative estimate of drug-likeness (QED) is 0.833. The zero-order chi connectivity index (χ0) is 20.3. The summed E-state index contributed by atoms with van der Waals surface area (Å²) in [6, 6.07) is 5.03. The second-order valence-corrected chi connectivity index (χ2v) is 8.31. The lowest BCUT2D eigenvalue weighted by Gasteiger charge is -2.36. The van der Waals surface area contributed by atoms with E-state index in [9.17, 15) is 9.59 Å². The van der Waals surface area contributed by atoms with Gasteiger partial charge >= 0.3 is 0 Å². The van der Waals surface area contributed by atoms with Crippen LogP contribution in [-0.2, 0) is 4.79 Å². The van der Waals surface area contributed by atoms with Gasteiger partial charge in [0.15, 0.2) is 0 Å². The minimum absolute atomic E-state index is 0.0497. The Morgan fingerprint density at radius 3 is 2.46 bits per heavy atom. The van der Waals surface area contributed by atoms with E-state index in [-0.39, 0.29) is 17.7 Å². The monoisotopic (exact) mass is 401 g/mol. The van der Waals surface area contributed by atoms with Crippen molar-refractivity contribution in [2.24, 2.45) is 0 Å². The topological polar surface area (TPSA) is 78.4 Å². The third kappa shape index (κ3) is 4.67. The fraction of sp³-hybridized carbons (Fsp3) is 0.500. The smallest absolute Gasteiger partial charge is 0.261 e. The van der Waals surface area contributed by atoms with Crippen LogP contribution in [0.4, 0.5) is 5.82 Å². The first-order valence-corrected chi connectivity index (χ1v) is 10.5. The molecule has 0 saturated carbocycles. The van der Waals surface area contributed by atoms with E-state index in [4.69, 9.17) is 0 Å². The lowest BCUT2D eigenvalue weighted by atomic mass is 10.2. The maximum atomic E-state index is 12.7. The molecule has 0 bridgehead atoms. The van der Waals surface area contributed by atoms with Gasteiger partial charge in [-0.2, -0.15) is 0 Å². The molecular weight excluding hydrogens is 374 g/mol. The van der Waals surface area contributed by atoms with Crippen LogP contribution < -0.4 is 10.2 Å². The average Bonchev–Trinajstić information content (AvgIpc) is 3.22. The summed E-state index contributed by atoms with van der Waals surface area (Å²) in [4.78, 5) is 38.7. The number of aromatic nitrogens is 2. The summed E-state index contributed by atoms with van der Waals surface area (Å²) in [5.41, 5.74) is 0.956. The fourth-order valence-corrected chi connectivity index (χ4v) is 3.79. The van der Waals surface area contributed by atoms with Crippen LogP contribution in [0.1, 0.15) is 47.9 Å². The molecule has 3 heterocycles. The van der Waals surface area contributed by atoms with Crippen molar-refractivity contribution < 1.29 is 9.59 Å². The predicted octanol–water partition coefficient (Wildman–Crippen LogP) is 2.44. The molecule has 8 heteroatoms. The molecule has 150 valence electrons. The van der Waals surface area contributed by atoms with Crippen molar-refractivity contribution in [2.45, 2.75) is 39.7 Å². The molecule has 1 aliphatic heterocycles. The van der Waals surface area contributed by atoms with Crippen molar-refractivity contribution in [3.8, 4) is 0 Å². The highest BCUT2D eigenvalue weighted by Gasteiger charge is 2.27. The molecule has 1 N–H and O–H groups in total. The van der Waals surface area contributed by atoms with Crippen molar-refractivity contribution >= 4 is 29.0 Å². The van der Waals surface area contributed by atoms with Gasteiger partial charge in [0.25, 0.3) is 5.91 Å². The minimum Gasteiger partial charge on any atom is -0.353 e. The number of amides is 2. The van der Waals surface area contributed by atoms with E-state index in [0.717, 1.165) is 17.3 Å². The van der Waals surface area contributed by atoms with Crippen LogP contribution in [0, 0.1) is 6.92 Å². The summed E-state index contributed by atoms with van der Waals surface area (Å²) in [6.45, 7) is 10.5. The molecule has 0 radical (unpaired) electrons. The molecule has 2 aromatic rings. The Labute approximate surface area is 169 Å². The van der Waals surface area contributed by atoms with Crippen molar-refractivity contribution in [3.63, 3.8) is 0 Å². The lowest BCUT2D eigenvalue weighted by molar-refractivity contribution is -0.133. The first-order chi connectivity index (χ1) is 13.3. The number of piperazine rings is 1. The van der Waals surface area contributed by atoms with E-state index in [1.165, 1.54) is 11.3 Å². The summed E-state index contributed by atoms with van der Waals surface area (Å²) in [5.74, 6) is 1.79. The SMILES string of the molecule is Cc1cc(N2CCN(C(=O)[C@@H](C)NC(=O)c3cccs3)CC2)nc(C(C)C)n1. The van der Waals surface area contributed by atoms with Crippen molar-refractivity contribution in [2.75, 3.05) is 31.1 Å². The molecule has 1 atom stereocenters. The second kappa shape index (κ2) is 8.68. The van der Waals surface area contributed by atoms with Gasteiger partial charge in [-0.25, -0.2) is 9.97 Å². The van der Waals surface area contributed by atoms with Crippen molar-refractivity contribution in [1.82, 2.24) is 20.2 Å². The maximum Gasteiger partial charge on any atom is 0.261 e. The van der Waals surface area contributed by atoms with Crippen LogP contribution in [0.5, 0.6) is 0 Å². The number of hydrogen-bond acceptors (Lipinski definition) is 6. The molecule has 2 amide bonds. The number of anilines is 1. The Bertz CT molecular complexity index is 829. The first kappa shape index (κ1) is 20.3. The zero-order valence-electron chi connectivity index (χ0n) is 16.8. The van der Waals surface area contributed by atoms with E-state index >= 15 is 0 Å². The predicted molar refractivity (Wildman–Crippen MR) is 111 cm³/mol. The van der Waals surface area contributed by atoms with Crippen LogP contribution >= 0.6 is 11.3 Å². The third-order valence-electron chi connectivity index (χ3n) is 4.75. The van der Waals surface area contributed by atoms with Gasteiger partial charge in [0.1, 0.15) is 17.7 Å². The molecule has 3 rings (SSSR count). The average molecular weight is 402 g/mol.